The van der Waals surface area contributed by atoms with Gasteiger partial charge in [-0.25, -0.2) is 0 Å². The molecule has 1 fully saturated rings. The molecule has 5 heteroatoms. The van der Waals surface area contributed by atoms with Gasteiger partial charge in [-0.1, -0.05) is 25.7 Å². The second-order valence-electron chi connectivity index (χ2n) is 1.41. The molecule has 0 amide bonds. The molecule has 0 unspecified atom stereocenters. The Morgan fingerprint density at radius 2 is 0.538 bits per heavy atom. The Morgan fingerprint density at radius 3 is 0.538 bits per heavy atom. The van der Waals surface area contributed by atoms with Crippen molar-refractivity contribution < 1.29 is 40.2 Å². The molecule has 4 nitrogen and oxygen atoms in total. The molecule has 0 aliphatic heterocycles. The molecule has 1 aliphatic carbocycles. The van der Waals surface area contributed by atoms with Crippen LogP contribution >= 0.6 is 0 Å². The van der Waals surface area contributed by atoms with E-state index in [2.05, 4.69) is 0 Å². The van der Waals surface area contributed by atoms with E-state index in [0.29, 0.717) is 0 Å². The first kappa shape index (κ1) is 29.4. The average molecular weight is 272 g/mol. The van der Waals surface area contributed by atoms with Crippen molar-refractivity contribution in [1.82, 2.24) is 0 Å². The summed E-state index contributed by atoms with van der Waals surface area (Å²) in [6.45, 7) is 8.00. The monoisotopic (exact) mass is 274 g/mol. The third-order valence-corrected chi connectivity index (χ3v) is 1.000. The minimum atomic E-state index is 0. The van der Waals surface area contributed by atoms with Crippen LogP contribution in [0.5, 0.6) is 0 Å². The van der Waals surface area contributed by atoms with E-state index >= 15 is 0 Å². The van der Waals surface area contributed by atoms with E-state index in [0.717, 1.165) is 0 Å². The maximum Gasteiger partial charge on any atom is 0.106 e. The van der Waals surface area contributed by atoms with Gasteiger partial charge in [0.05, 0.1) is 0 Å². The molecule has 0 N–H and O–H groups in total. The van der Waals surface area contributed by atoms with Gasteiger partial charge in [0.1, 0.15) is 27.2 Å². The summed E-state index contributed by atoms with van der Waals surface area (Å²) in [5.41, 5.74) is 0. The van der Waals surface area contributed by atoms with Crippen molar-refractivity contribution in [1.29, 1.82) is 0 Å². The van der Waals surface area contributed by atoms with Crippen molar-refractivity contribution in [3.8, 4) is 0 Å². The minimum Gasteiger partial charge on any atom is -0.307 e. The number of carbonyl (C=O) groups excluding carboxylic acids is 4. The summed E-state index contributed by atoms with van der Waals surface area (Å²) in [5, 5.41) is 0. The zero-order valence-corrected chi connectivity index (χ0v) is 9.71. The fraction of sp³-hybridized carbons (Fsp3) is 0.500. The molecule has 1 saturated carbocycles. The molecule has 0 saturated heterocycles. The van der Waals surface area contributed by atoms with E-state index in [4.69, 9.17) is 19.2 Å². The Hall–Kier alpha value is -0.632. The van der Waals surface area contributed by atoms with Crippen molar-refractivity contribution in [3.05, 3.63) is 0 Å². The molecule has 0 bridgehead atoms. The minimum absolute atomic E-state index is 0. The molecule has 0 aromatic heterocycles. The van der Waals surface area contributed by atoms with E-state index in [1.54, 1.807) is 0 Å². The topological polar surface area (TPSA) is 68.3 Å². The quantitative estimate of drug-likeness (QED) is 0.612. The van der Waals surface area contributed by atoms with Crippen LogP contribution in [0.1, 0.15) is 25.7 Å². The van der Waals surface area contributed by atoms with Gasteiger partial charge in [0.25, 0.3) is 0 Å². The first-order chi connectivity index (χ1) is 6.00. The van der Waals surface area contributed by atoms with Gasteiger partial charge in [-0.05, 0) is 0 Å². The van der Waals surface area contributed by atoms with Gasteiger partial charge in [0, 0.05) is 21.1 Å². The zero-order chi connectivity index (χ0) is 10.8. The normalized spacial score (nSPS) is 8.62. The maximum atomic E-state index is 8.00. The average Bonchev–Trinajstić information content (AvgIpc) is 2.14. The summed E-state index contributed by atoms with van der Waals surface area (Å²) in [4.78, 5) is 32.0. The number of hydrogen-bond acceptors (Lipinski definition) is 4. The predicted octanol–water partition coefficient (Wildman–Crippen LogP) is 0.818. The van der Waals surface area contributed by atoms with Gasteiger partial charge >= 0.3 is 0 Å². The van der Waals surface area contributed by atoms with Gasteiger partial charge in [0.15, 0.2) is 0 Å². The fourth-order valence-electron chi connectivity index (χ4n) is 0.250. The van der Waals surface area contributed by atoms with Gasteiger partial charge in [-0.3, -0.25) is 0 Å². The zero-order valence-electron chi connectivity index (χ0n) is 7.70. The van der Waals surface area contributed by atoms with Gasteiger partial charge in [-0.15, -0.1) is 0 Å². The molecule has 0 aromatic carbocycles. The van der Waals surface area contributed by atoms with Crippen molar-refractivity contribution in [2.75, 3.05) is 0 Å². The molecule has 0 radical (unpaired) electrons. The molecule has 0 aromatic rings. The van der Waals surface area contributed by atoms with E-state index in [9.17, 15) is 0 Å². The van der Waals surface area contributed by atoms with Crippen LogP contribution in [0.4, 0.5) is 0 Å². The number of hydrogen-bond donors (Lipinski definition) is 0. The molecule has 78 valence electrons. The van der Waals surface area contributed by atoms with Crippen LogP contribution in [0.15, 0.2) is 0 Å². The summed E-state index contributed by atoms with van der Waals surface area (Å²) < 4.78 is 0. The Bertz CT molecular complexity index is 48.1. The second kappa shape index (κ2) is 108. The molecule has 0 spiro atoms. The van der Waals surface area contributed by atoms with Gasteiger partial charge < -0.3 is 19.2 Å². The van der Waals surface area contributed by atoms with Crippen molar-refractivity contribution >= 4 is 27.2 Å². The van der Waals surface area contributed by atoms with E-state index in [1.807, 2.05) is 27.2 Å². The summed E-state index contributed by atoms with van der Waals surface area (Å²) in [7, 11) is 0. The molecular weight excluding hydrogens is 256 g/mol. The summed E-state index contributed by atoms with van der Waals surface area (Å²) in [6, 6.07) is 0. The van der Waals surface area contributed by atoms with E-state index in [-0.39, 0.29) is 21.1 Å². The Labute approximate surface area is 93.3 Å². The Kier molecular flexibility index (Phi) is 244. The first-order valence-corrected chi connectivity index (χ1v) is 3.15. The van der Waals surface area contributed by atoms with Crippen LogP contribution in [0.3, 0.4) is 0 Å². The number of carbonyl (C=O) groups is 4. The Morgan fingerprint density at radius 1 is 0.462 bits per heavy atom. The Balaban J connectivity index is -0.0000000215. The molecule has 1 aliphatic rings. The third kappa shape index (κ3) is 87.9. The summed E-state index contributed by atoms with van der Waals surface area (Å²) in [5.74, 6) is 0. The molecule has 0 atom stereocenters. The fourth-order valence-corrected chi connectivity index (χ4v) is 0.250. The molecule has 1 rings (SSSR count). The van der Waals surface area contributed by atoms with Gasteiger partial charge in [0.2, 0.25) is 0 Å². The first-order valence-electron chi connectivity index (χ1n) is 3.15. The second-order valence-corrected chi connectivity index (χ2v) is 1.41. The molecule has 13 heavy (non-hydrogen) atoms. The van der Waals surface area contributed by atoms with Crippen LogP contribution in [0.25, 0.3) is 0 Å². The van der Waals surface area contributed by atoms with Crippen LogP contribution in [0.2, 0.25) is 0 Å². The van der Waals surface area contributed by atoms with Crippen LogP contribution in [-0.4, -0.2) is 27.2 Å². The smallest absolute Gasteiger partial charge is 0.106 e. The van der Waals surface area contributed by atoms with Gasteiger partial charge in [-0.2, -0.15) is 0 Å². The summed E-state index contributed by atoms with van der Waals surface area (Å²) in [6.07, 6.45) is 6.00. The summed E-state index contributed by atoms with van der Waals surface area (Å²) >= 11 is 0. The SMILES string of the molecule is C1CCC1.C=O.C=O.C=O.C=O.[Mo]. The number of rotatable bonds is 0. The standard InChI is InChI=1S/C4H8.4CH2O.Mo/c1-2-4-3-1;4*1-2;/h1-4H2;4*1H2;. The maximum absolute atomic E-state index is 8.00. The molecular formula is C8H16MoO4. The predicted molar refractivity (Wildman–Crippen MR) is 47.0 cm³/mol. The van der Waals surface area contributed by atoms with Crippen LogP contribution < -0.4 is 0 Å². The molecule has 0 heterocycles. The third-order valence-electron chi connectivity index (χ3n) is 1.000. The largest absolute Gasteiger partial charge is 0.307 e. The van der Waals surface area contributed by atoms with Crippen molar-refractivity contribution in [3.63, 3.8) is 0 Å². The van der Waals surface area contributed by atoms with E-state index in [1.165, 1.54) is 25.7 Å². The van der Waals surface area contributed by atoms with Crippen molar-refractivity contribution in [2.24, 2.45) is 0 Å². The van der Waals surface area contributed by atoms with Crippen molar-refractivity contribution in [2.45, 2.75) is 25.7 Å². The van der Waals surface area contributed by atoms with E-state index < -0.39 is 0 Å². The van der Waals surface area contributed by atoms with Crippen LogP contribution in [0, 0.1) is 0 Å². The van der Waals surface area contributed by atoms with Crippen LogP contribution in [-0.2, 0) is 40.2 Å².